The molecule has 0 aromatic heterocycles. The van der Waals surface area contributed by atoms with Gasteiger partial charge in [0.1, 0.15) is 6.42 Å². The van der Waals surface area contributed by atoms with E-state index in [1.54, 1.807) is 4.90 Å². The highest BCUT2D eigenvalue weighted by Crippen LogP contribution is 2.29. The zero-order valence-electron chi connectivity index (χ0n) is 13.6. The van der Waals surface area contributed by atoms with E-state index in [0.29, 0.717) is 26.2 Å². The van der Waals surface area contributed by atoms with Crippen LogP contribution < -0.4 is 5.32 Å². The molecule has 0 unspecified atom stereocenters. The lowest BCUT2D eigenvalue weighted by molar-refractivity contribution is -0.140. The van der Waals surface area contributed by atoms with Crippen LogP contribution in [0.1, 0.15) is 18.9 Å². The Morgan fingerprint density at radius 3 is 2.00 bits per heavy atom. The molecular weight excluding hydrogens is 339 g/mol. The molecule has 0 aliphatic carbocycles. The van der Waals surface area contributed by atoms with E-state index in [4.69, 9.17) is 0 Å². The van der Waals surface area contributed by atoms with Crippen LogP contribution in [0, 0.1) is 0 Å². The molecule has 25 heavy (non-hydrogen) atoms. The van der Waals surface area contributed by atoms with Crippen molar-refractivity contribution in [1.29, 1.82) is 0 Å². The molecule has 1 aromatic carbocycles. The summed E-state index contributed by atoms with van der Waals surface area (Å²) in [5.41, 5.74) is -0.628. The molecule has 1 aliphatic heterocycles. The second-order valence-corrected chi connectivity index (χ2v) is 5.69. The number of halogens is 3. The molecule has 136 valence electrons. The molecule has 1 N–H and O–H groups in total. The number of piperazine rings is 1. The highest BCUT2D eigenvalue weighted by atomic mass is 19.4. The van der Waals surface area contributed by atoms with E-state index in [0.717, 1.165) is 24.3 Å². The van der Waals surface area contributed by atoms with Crippen LogP contribution in [-0.2, 0) is 20.6 Å². The molecule has 6 nitrogen and oxygen atoms in total. The van der Waals surface area contributed by atoms with Crippen LogP contribution in [0.4, 0.5) is 18.9 Å². The number of alkyl halides is 3. The fourth-order valence-corrected chi connectivity index (χ4v) is 2.47. The Hall–Kier alpha value is -2.58. The minimum absolute atomic E-state index is 0.0628. The zero-order valence-corrected chi connectivity index (χ0v) is 13.6. The van der Waals surface area contributed by atoms with Gasteiger partial charge in [0.2, 0.25) is 17.7 Å². The van der Waals surface area contributed by atoms with Gasteiger partial charge in [0.25, 0.3) is 0 Å². The van der Waals surface area contributed by atoms with Gasteiger partial charge in [-0.25, -0.2) is 0 Å². The topological polar surface area (TPSA) is 69.7 Å². The number of hydrogen-bond donors (Lipinski definition) is 1. The third-order valence-corrected chi connectivity index (χ3v) is 3.89. The quantitative estimate of drug-likeness (QED) is 0.838. The smallest absolute Gasteiger partial charge is 0.339 e. The van der Waals surface area contributed by atoms with Crippen molar-refractivity contribution >= 4 is 23.4 Å². The third kappa shape index (κ3) is 5.20. The van der Waals surface area contributed by atoms with E-state index in [9.17, 15) is 27.6 Å². The van der Waals surface area contributed by atoms with Crippen molar-refractivity contribution in [1.82, 2.24) is 9.80 Å². The molecule has 0 radical (unpaired) electrons. The molecular formula is C16H18F3N3O3. The average Bonchev–Trinajstić information content (AvgIpc) is 2.54. The summed E-state index contributed by atoms with van der Waals surface area (Å²) in [6, 6.07) is 3.99. The van der Waals surface area contributed by atoms with Crippen molar-refractivity contribution in [3.05, 3.63) is 29.8 Å². The molecule has 1 aliphatic rings. The van der Waals surface area contributed by atoms with Crippen LogP contribution in [0.2, 0.25) is 0 Å². The van der Waals surface area contributed by atoms with Gasteiger partial charge in [-0.3, -0.25) is 14.4 Å². The van der Waals surface area contributed by atoms with Crippen LogP contribution in [-0.4, -0.2) is 53.7 Å². The van der Waals surface area contributed by atoms with Crippen molar-refractivity contribution in [3.63, 3.8) is 0 Å². The first kappa shape index (κ1) is 18.8. The number of benzene rings is 1. The van der Waals surface area contributed by atoms with Gasteiger partial charge in [-0.2, -0.15) is 13.2 Å². The van der Waals surface area contributed by atoms with Gasteiger partial charge in [-0.05, 0) is 24.3 Å². The summed E-state index contributed by atoms with van der Waals surface area (Å²) < 4.78 is 37.4. The SMILES string of the molecule is CC(=O)N1CCN(C(=O)CC(=O)Nc2ccc(C(F)(F)F)cc2)CC1. The van der Waals surface area contributed by atoms with Gasteiger partial charge in [-0.15, -0.1) is 0 Å². The predicted octanol–water partition coefficient (Wildman–Crippen LogP) is 1.72. The molecule has 0 bridgehead atoms. The Morgan fingerprint density at radius 1 is 1.00 bits per heavy atom. The van der Waals surface area contributed by atoms with Crippen molar-refractivity contribution in [2.24, 2.45) is 0 Å². The van der Waals surface area contributed by atoms with Gasteiger partial charge in [0.15, 0.2) is 0 Å². The summed E-state index contributed by atoms with van der Waals surface area (Å²) in [6.07, 6.45) is -4.85. The second-order valence-electron chi connectivity index (χ2n) is 5.69. The number of carbonyl (C=O) groups excluding carboxylic acids is 3. The number of nitrogens with zero attached hydrogens (tertiary/aromatic N) is 2. The van der Waals surface area contributed by atoms with Crippen molar-refractivity contribution in [2.45, 2.75) is 19.5 Å². The van der Waals surface area contributed by atoms with Crippen LogP contribution >= 0.6 is 0 Å². The number of hydrogen-bond acceptors (Lipinski definition) is 3. The second kappa shape index (κ2) is 7.54. The van der Waals surface area contributed by atoms with Gasteiger partial charge in [-0.1, -0.05) is 0 Å². The third-order valence-electron chi connectivity index (χ3n) is 3.89. The van der Waals surface area contributed by atoms with Crippen molar-refractivity contribution in [3.8, 4) is 0 Å². The fraction of sp³-hybridized carbons (Fsp3) is 0.438. The summed E-state index contributed by atoms with van der Waals surface area (Å²) in [4.78, 5) is 38.3. The van der Waals surface area contributed by atoms with Crippen LogP contribution in [0.5, 0.6) is 0 Å². The number of carbonyl (C=O) groups is 3. The van der Waals surface area contributed by atoms with Crippen molar-refractivity contribution < 1.29 is 27.6 Å². The molecule has 1 saturated heterocycles. The molecule has 0 spiro atoms. The van der Waals surface area contributed by atoms with E-state index in [1.807, 2.05) is 0 Å². The number of nitrogens with one attached hydrogen (secondary N) is 1. The Morgan fingerprint density at radius 2 is 1.52 bits per heavy atom. The normalized spacial score (nSPS) is 15.0. The Kier molecular flexibility index (Phi) is 5.66. The van der Waals surface area contributed by atoms with E-state index < -0.39 is 24.1 Å². The van der Waals surface area contributed by atoms with E-state index in [1.165, 1.54) is 11.8 Å². The number of rotatable bonds is 3. The zero-order chi connectivity index (χ0) is 18.6. The molecule has 1 heterocycles. The largest absolute Gasteiger partial charge is 0.416 e. The minimum atomic E-state index is -4.44. The van der Waals surface area contributed by atoms with Crippen LogP contribution in [0.3, 0.4) is 0 Å². The maximum Gasteiger partial charge on any atom is 0.416 e. The average molecular weight is 357 g/mol. The minimum Gasteiger partial charge on any atom is -0.339 e. The summed E-state index contributed by atoms with van der Waals surface area (Å²) in [6.45, 7) is 3.00. The highest BCUT2D eigenvalue weighted by Gasteiger charge is 2.30. The summed E-state index contributed by atoms with van der Waals surface area (Å²) in [5.74, 6) is -1.04. The lowest BCUT2D eigenvalue weighted by Gasteiger charge is -2.34. The predicted molar refractivity (Wildman–Crippen MR) is 83.5 cm³/mol. The fourth-order valence-electron chi connectivity index (χ4n) is 2.47. The maximum atomic E-state index is 12.5. The van der Waals surface area contributed by atoms with Gasteiger partial charge in [0.05, 0.1) is 5.56 Å². The molecule has 1 aromatic rings. The monoisotopic (exact) mass is 357 g/mol. The molecule has 0 atom stereocenters. The number of amides is 3. The summed E-state index contributed by atoms with van der Waals surface area (Å²) in [7, 11) is 0. The Balaban J connectivity index is 1.84. The van der Waals surface area contributed by atoms with Gasteiger partial charge >= 0.3 is 6.18 Å². The lowest BCUT2D eigenvalue weighted by atomic mass is 10.2. The highest BCUT2D eigenvalue weighted by molar-refractivity contribution is 6.03. The van der Waals surface area contributed by atoms with Crippen LogP contribution in [0.25, 0.3) is 0 Å². The van der Waals surface area contributed by atoms with E-state index in [2.05, 4.69) is 5.32 Å². The molecule has 9 heteroatoms. The molecule has 2 rings (SSSR count). The first-order valence-electron chi connectivity index (χ1n) is 7.67. The Bertz CT molecular complexity index is 651. The van der Waals surface area contributed by atoms with E-state index >= 15 is 0 Å². The molecule has 1 fully saturated rings. The van der Waals surface area contributed by atoms with Gasteiger partial charge < -0.3 is 15.1 Å². The molecule has 3 amide bonds. The van der Waals surface area contributed by atoms with Gasteiger partial charge in [0, 0.05) is 38.8 Å². The lowest BCUT2D eigenvalue weighted by Crippen LogP contribution is -2.50. The maximum absolute atomic E-state index is 12.5. The van der Waals surface area contributed by atoms with E-state index in [-0.39, 0.29) is 17.5 Å². The number of anilines is 1. The van der Waals surface area contributed by atoms with Crippen LogP contribution in [0.15, 0.2) is 24.3 Å². The summed E-state index contributed by atoms with van der Waals surface area (Å²) in [5, 5.41) is 2.40. The Labute approximate surface area is 142 Å². The van der Waals surface area contributed by atoms with Crippen molar-refractivity contribution in [2.75, 3.05) is 31.5 Å². The summed E-state index contributed by atoms with van der Waals surface area (Å²) >= 11 is 0. The first-order chi connectivity index (χ1) is 11.7. The molecule has 0 saturated carbocycles. The standard InChI is InChI=1S/C16H18F3N3O3/c1-11(23)21-6-8-22(9-7-21)15(25)10-14(24)20-13-4-2-12(3-5-13)16(17,18)19/h2-5H,6-10H2,1H3,(H,20,24). The first-order valence-corrected chi connectivity index (χ1v) is 7.67.